The number of benzene rings is 2. The number of nitrogens with zero attached hydrogens (tertiary/aromatic N) is 3. The normalized spacial score (nSPS) is 16.5. The summed E-state index contributed by atoms with van der Waals surface area (Å²) in [5, 5.41) is 11.4. The molecule has 0 saturated carbocycles. The van der Waals surface area contributed by atoms with Crippen molar-refractivity contribution in [2.45, 2.75) is 52.6 Å². The third-order valence-corrected chi connectivity index (χ3v) is 7.10. The van der Waals surface area contributed by atoms with E-state index in [4.69, 9.17) is 4.74 Å². The second-order valence-electron chi connectivity index (χ2n) is 9.63. The molecule has 0 bridgehead atoms. The fourth-order valence-electron chi connectivity index (χ4n) is 4.94. The summed E-state index contributed by atoms with van der Waals surface area (Å²) < 4.78 is 5.79. The van der Waals surface area contributed by atoms with Crippen LogP contribution in [0.2, 0.25) is 0 Å². The van der Waals surface area contributed by atoms with Crippen LogP contribution in [-0.4, -0.2) is 46.4 Å². The number of unbranched alkanes of at least 4 members (excludes halogenated alkanes) is 2. The van der Waals surface area contributed by atoms with Gasteiger partial charge in [-0.25, -0.2) is 0 Å². The third kappa shape index (κ3) is 6.30. The molecule has 1 fully saturated rings. The van der Waals surface area contributed by atoms with Crippen LogP contribution in [0, 0.1) is 0 Å². The Kier molecular flexibility index (Phi) is 9.36. The number of carbonyl (C=O) groups is 2. The van der Waals surface area contributed by atoms with E-state index in [0.29, 0.717) is 17.9 Å². The van der Waals surface area contributed by atoms with E-state index in [1.54, 1.807) is 42.7 Å². The number of anilines is 1. The quantitative estimate of drug-likeness (QED) is 0.132. The first-order valence-corrected chi connectivity index (χ1v) is 13.7. The zero-order chi connectivity index (χ0) is 27.8. The molecule has 1 amide bonds. The highest BCUT2D eigenvalue weighted by Gasteiger charge is 2.46. The van der Waals surface area contributed by atoms with E-state index in [1.165, 1.54) is 4.90 Å². The van der Waals surface area contributed by atoms with Crippen molar-refractivity contribution in [3.05, 3.63) is 95.3 Å². The minimum Gasteiger partial charge on any atom is -0.507 e. The van der Waals surface area contributed by atoms with Crippen LogP contribution in [0.3, 0.4) is 0 Å². The zero-order valence-corrected chi connectivity index (χ0v) is 23.0. The van der Waals surface area contributed by atoms with Gasteiger partial charge in [-0.1, -0.05) is 38.0 Å². The number of hydrogen-bond donors (Lipinski definition) is 1. The van der Waals surface area contributed by atoms with E-state index in [9.17, 15) is 14.7 Å². The molecule has 7 heteroatoms. The minimum atomic E-state index is -0.735. The summed E-state index contributed by atoms with van der Waals surface area (Å²) in [6, 6.07) is 17.8. The molecule has 1 atom stereocenters. The van der Waals surface area contributed by atoms with Crippen molar-refractivity contribution in [2.75, 3.05) is 24.6 Å². The monoisotopic (exact) mass is 527 g/mol. The predicted molar refractivity (Wildman–Crippen MR) is 154 cm³/mol. The van der Waals surface area contributed by atoms with Gasteiger partial charge in [0.05, 0.1) is 18.2 Å². The van der Waals surface area contributed by atoms with Gasteiger partial charge in [0.1, 0.15) is 11.5 Å². The molecule has 1 N–H and O–H groups in total. The van der Waals surface area contributed by atoms with Gasteiger partial charge in [-0.15, -0.1) is 0 Å². The number of amides is 1. The highest BCUT2D eigenvalue weighted by molar-refractivity contribution is 6.46. The first-order valence-electron chi connectivity index (χ1n) is 13.7. The average molecular weight is 528 g/mol. The lowest BCUT2D eigenvalue weighted by Gasteiger charge is -2.26. The molecule has 0 spiro atoms. The molecular formula is C32H37N3O4. The highest BCUT2D eigenvalue weighted by atomic mass is 16.5. The number of carbonyl (C=O) groups excluding carboxylic acids is 2. The SMILES string of the molecule is CCCCCOc1ccc(/C(O)=C2/C(=O)C(=O)N(Cc3cccnc3)C2c2ccc(N(CC)CC)cc2)cc1. The summed E-state index contributed by atoms with van der Waals surface area (Å²) in [5.41, 5.74) is 3.15. The van der Waals surface area contributed by atoms with E-state index < -0.39 is 17.7 Å². The first kappa shape index (κ1) is 27.9. The van der Waals surface area contributed by atoms with E-state index in [2.05, 4.69) is 30.7 Å². The number of Topliss-reactive ketones (excluding diaryl/α,β-unsaturated/α-hetero) is 1. The van der Waals surface area contributed by atoms with E-state index in [1.807, 2.05) is 30.3 Å². The lowest BCUT2D eigenvalue weighted by molar-refractivity contribution is -0.140. The summed E-state index contributed by atoms with van der Waals surface area (Å²) in [5.74, 6) is -0.844. The van der Waals surface area contributed by atoms with Crippen molar-refractivity contribution in [2.24, 2.45) is 0 Å². The van der Waals surface area contributed by atoms with Gasteiger partial charge >= 0.3 is 0 Å². The van der Waals surface area contributed by atoms with Crippen molar-refractivity contribution in [1.82, 2.24) is 9.88 Å². The molecule has 204 valence electrons. The van der Waals surface area contributed by atoms with E-state index >= 15 is 0 Å². The van der Waals surface area contributed by atoms with Gasteiger partial charge in [0, 0.05) is 43.3 Å². The standard InChI is InChI=1S/C32H37N3O4/c1-4-7-8-20-39-27-17-13-25(14-18-27)30(36)28-29(24-11-15-26(16-12-24)34(5-2)6-3)35(32(38)31(28)37)22-23-10-9-19-33-21-23/h9-19,21,29,36H,4-8,20,22H2,1-3H3/b30-28-. The molecule has 1 unspecified atom stereocenters. The lowest BCUT2D eigenvalue weighted by Crippen LogP contribution is -2.29. The second-order valence-corrected chi connectivity index (χ2v) is 9.63. The van der Waals surface area contributed by atoms with Crippen LogP contribution in [0.25, 0.3) is 5.76 Å². The van der Waals surface area contributed by atoms with Crippen molar-refractivity contribution in [3.8, 4) is 5.75 Å². The molecule has 1 saturated heterocycles. The van der Waals surface area contributed by atoms with Gasteiger partial charge in [-0.05, 0) is 73.9 Å². The topological polar surface area (TPSA) is 83.0 Å². The van der Waals surface area contributed by atoms with Gasteiger partial charge in [0.15, 0.2) is 0 Å². The molecule has 4 rings (SSSR count). The summed E-state index contributed by atoms with van der Waals surface area (Å²) >= 11 is 0. The number of pyridine rings is 1. The largest absolute Gasteiger partial charge is 0.507 e. The lowest BCUT2D eigenvalue weighted by atomic mass is 9.95. The molecule has 1 aliphatic heterocycles. The van der Waals surface area contributed by atoms with Gasteiger partial charge < -0.3 is 19.6 Å². The van der Waals surface area contributed by atoms with E-state index in [0.717, 1.165) is 49.2 Å². The Morgan fingerprint density at radius 2 is 1.69 bits per heavy atom. The number of rotatable bonds is 12. The first-order chi connectivity index (χ1) is 19.0. The Morgan fingerprint density at radius 3 is 2.31 bits per heavy atom. The van der Waals surface area contributed by atoms with Crippen molar-refractivity contribution < 1.29 is 19.4 Å². The highest BCUT2D eigenvalue weighted by Crippen LogP contribution is 2.40. The fourth-order valence-corrected chi connectivity index (χ4v) is 4.94. The molecule has 1 aromatic heterocycles. The summed E-state index contributed by atoms with van der Waals surface area (Å²) in [6.45, 7) is 8.90. The number of ether oxygens (including phenoxy) is 1. The van der Waals surface area contributed by atoms with Crippen LogP contribution in [0.15, 0.2) is 78.6 Å². The van der Waals surface area contributed by atoms with Crippen LogP contribution in [0.5, 0.6) is 5.75 Å². The van der Waals surface area contributed by atoms with E-state index in [-0.39, 0.29) is 17.9 Å². The Bertz CT molecular complexity index is 1280. The number of aliphatic hydroxyl groups is 1. The zero-order valence-electron chi connectivity index (χ0n) is 23.0. The van der Waals surface area contributed by atoms with Crippen LogP contribution in [0.1, 0.15) is 62.8 Å². The van der Waals surface area contributed by atoms with Gasteiger partial charge in [-0.3, -0.25) is 14.6 Å². The Hall–Kier alpha value is -4.13. The Balaban J connectivity index is 1.71. The van der Waals surface area contributed by atoms with Crippen molar-refractivity contribution in [1.29, 1.82) is 0 Å². The molecule has 1 aliphatic rings. The molecule has 7 nitrogen and oxygen atoms in total. The van der Waals surface area contributed by atoms with Crippen LogP contribution < -0.4 is 9.64 Å². The molecule has 3 aromatic rings. The van der Waals surface area contributed by atoms with Gasteiger partial charge in [-0.2, -0.15) is 0 Å². The van der Waals surface area contributed by atoms with Crippen LogP contribution in [-0.2, 0) is 16.1 Å². The number of aromatic nitrogens is 1. The molecule has 2 heterocycles. The summed E-state index contributed by atoms with van der Waals surface area (Å²) in [6.07, 6.45) is 6.55. The maximum Gasteiger partial charge on any atom is 0.295 e. The van der Waals surface area contributed by atoms with Crippen molar-refractivity contribution in [3.63, 3.8) is 0 Å². The van der Waals surface area contributed by atoms with Gasteiger partial charge in [0.2, 0.25) is 0 Å². The van der Waals surface area contributed by atoms with Crippen LogP contribution >= 0.6 is 0 Å². The molecule has 0 aliphatic carbocycles. The smallest absolute Gasteiger partial charge is 0.295 e. The summed E-state index contributed by atoms with van der Waals surface area (Å²) in [7, 11) is 0. The average Bonchev–Trinajstić information content (AvgIpc) is 3.22. The molecule has 39 heavy (non-hydrogen) atoms. The minimum absolute atomic E-state index is 0.0797. The maximum atomic E-state index is 13.4. The predicted octanol–water partition coefficient (Wildman–Crippen LogP) is 6.12. The Labute approximate surface area is 230 Å². The number of aliphatic hydroxyl groups excluding tert-OH is 1. The Morgan fingerprint density at radius 1 is 0.974 bits per heavy atom. The summed E-state index contributed by atoms with van der Waals surface area (Å²) in [4.78, 5) is 34.6. The van der Waals surface area contributed by atoms with Crippen LogP contribution in [0.4, 0.5) is 5.69 Å². The number of ketones is 1. The number of hydrogen-bond acceptors (Lipinski definition) is 6. The number of likely N-dealkylation sites (tertiary alicyclic amines) is 1. The van der Waals surface area contributed by atoms with Gasteiger partial charge in [0.25, 0.3) is 11.7 Å². The molecular weight excluding hydrogens is 490 g/mol. The fraction of sp³-hybridized carbons (Fsp3) is 0.344. The van der Waals surface area contributed by atoms with Crippen molar-refractivity contribution >= 4 is 23.1 Å². The molecule has 0 radical (unpaired) electrons. The second kappa shape index (κ2) is 13.1. The molecule has 2 aromatic carbocycles. The maximum absolute atomic E-state index is 13.4. The third-order valence-electron chi connectivity index (χ3n) is 7.10.